The lowest BCUT2D eigenvalue weighted by atomic mass is 9.93. The highest BCUT2D eigenvalue weighted by Crippen LogP contribution is 2.32. The molecule has 1 aliphatic carbocycles. The smallest absolute Gasteiger partial charge is 0.225 e. The van der Waals surface area contributed by atoms with E-state index in [2.05, 4.69) is 46.4 Å². The number of aromatic nitrogens is 1. The molecule has 2 aliphatic rings. The van der Waals surface area contributed by atoms with Crippen molar-refractivity contribution in [3.63, 3.8) is 0 Å². The van der Waals surface area contributed by atoms with Crippen LogP contribution in [0.4, 0.5) is 0 Å². The number of rotatable bonds is 4. The molecule has 0 radical (unpaired) electrons. The Morgan fingerprint density at radius 1 is 1.25 bits per heavy atom. The number of piperidine rings is 1. The predicted molar refractivity (Wildman–Crippen MR) is 95.5 cm³/mol. The first kappa shape index (κ1) is 15.6. The fourth-order valence-corrected chi connectivity index (χ4v) is 3.79. The zero-order valence-corrected chi connectivity index (χ0v) is 14.2. The first-order chi connectivity index (χ1) is 11.7. The Labute approximate surface area is 143 Å². The van der Waals surface area contributed by atoms with Crippen LogP contribution in [-0.2, 0) is 11.3 Å². The van der Waals surface area contributed by atoms with Crippen molar-refractivity contribution in [3.05, 3.63) is 42.1 Å². The van der Waals surface area contributed by atoms with Crippen LogP contribution in [0.15, 0.2) is 36.5 Å². The quantitative estimate of drug-likeness (QED) is 0.941. The monoisotopic (exact) mass is 323 g/mol. The standard InChI is InChI=1S/C20H25N3O/c1-14-13-23(20(24)16-7-8-16)11-9-18(14)22-12-17-5-2-4-15-6-3-10-21-19(15)17/h2-6,10,14,16,18,22H,7-9,11-13H2,1H3. The van der Waals surface area contributed by atoms with Crippen molar-refractivity contribution >= 4 is 16.8 Å². The topological polar surface area (TPSA) is 45.2 Å². The maximum Gasteiger partial charge on any atom is 0.225 e. The average Bonchev–Trinajstić information content (AvgIpc) is 3.45. The van der Waals surface area contributed by atoms with Gasteiger partial charge < -0.3 is 10.2 Å². The van der Waals surface area contributed by atoms with E-state index in [4.69, 9.17) is 0 Å². The summed E-state index contributed by atoms with van der Waals surface area (Å²) in [7, 11) is 0. The molecule has 24 heavy (non-hydrogen) atoms. The van der Waals surface area contributed by atoms with Crippen LogP contribution >= 0.6 is 0 Å². The van der Waals surface area contributed by atoms with Crippen molar-refractivity contribution in [1.29, 1.82) is 0 Å². The molecule has 126 valence electrons. The van der Waals surface area contributed by atoms with Gasteiger partial charge in [0.15, 0.2) is 0 Å². The Morgan fingerprint density at radius 2 is 2.08 bits per heavy atom. The van der Waals surface area contributed by atoms with Gasteiger partial charge in [0.05, 0.1) is 5.52 Å². The van der Waals surface area contributed by atoms with Crippen LogP contribution in [0.3, 0.4) is 0 Å². The van der Waals surface area contributed by atoms with Gasteiger partial charge in [-0.15, -0.1) is 0 Å². The summed E-state index contributed by atoms with van der Waals surface area (Å²) < 4.78 is 0. The number of benzene rings is 1. The third-order valence-corrected chi connectivity index (χ3v) is 5.41. The number of nitrogens with zero attached hydrogens (tertiary/aromatic N) is 2. The number of fused-ring (bicyclic) bond motifs is 1. The third-order valence-electron chi connectivity index (χ3n) is 5.41. The minimum absolute atomic E-state index is 0.337. The summed E-state index contributed by atoms with van der Waals surface area (Å²) in [6, 6.07) is 10.9. The fourth-order valence-electron chi connectivity index (χ4n) is 3.79. The summed E-state index contributed by atoms with van der Waals surface area (Å²) in [6.45, 7) is 4.87. The van der Waals surface area contributed by atoms with Crippen LogP contribution in [0.2, 0.25) is 0 Å². The van der Waals surface area contributed by atoms with Gasteiger partial charge in [-0.3, -0.25) is 9.78 Å². The second-order valence-electron chi connectivity index (χ2n) is 7.30. The van der Waals surface area contributed by atoms with E-state index >= 15 is 0 Å². The molecule has 4 heteroatoms. The Hall–Kier alpha value is -1.94. The largest absolute Gasteiger partial charge is 0.342 e. The van der Waals surface area contributed by atoms with E-state index in [0.717, 1.165) is 44.4 Å². The lowest BCUT2D eigenvalue weighted by Gasteiger charge is -2.37. The fraction of sp³-hybridized carbons (Fsp3) is 0.500. The molecule has 2 heterocycles. The summed E-state index contributed by atoms with van der Waals surface area (Å²) >= 11 is 0. The molecule has 1 aromatic carbocycles. The summed E-state index contributed by atoms with van der Waals surface area (Å²) in [6.07, 6.45) is 5.09. The highest BCUT2D eigenvalue weighted by Gasteiger charge is 2.36. The highest BCUT2D eigenvalue weighted by atomic mass is 16.2. The number of nitrogens with one attached hydrogen (secondary N) is 1. The van der Waals surface area contributed by atoms with E-state index in [1.165, 1.54) is 10.9 Å². The van der Waals surface area contributed by atoms with Crippen LogP contribution in [0.1, 0.15) is 31.7 Å². The zero-order valence-electron chi connectivity index (χ0n) is 14.2. The molecule has 1 saturated heterocycles. The number of carbonyl (C=O) groups is 1. The Bertz CT molecular complexity index is 735. The van der Waals surface area contributed by atoms with Gasteiger partial charge in [-0.05, 0) is 36.8 Å². The molecule has 1 aromatic heterocycles. The number of carbonyl (C=O) groups excluding carboxylic acids is 1. The molecule has 1 aliphatic heterocycles. The maximum absolute atomic E-state index is 12.2. The molecular weight excluding hydrogens is 298 g/mol. The van der Waals surface area contributed by atoms with Gasteiger partial charge in [0.1, 0.15) is 0 Å². The Kier molecular flexibility index (Phi) is 4.23. The number of amides is 1. The molecule has 2 aromatic rings. The van der Waals surface area contributed by atoms with Crippen LogP contribution in [0.25, 0.3) is 10.9 Å². The lowest BCUT2D eigenvalue weighted by Crippen LogP contribution is -2.50. The Balaban J connectivity index is 1.38. The molecule has 1 saturated carbocycles. The van der Waals surface area contributed by atoms with Gasteiger partial charge >= 0.3 is 0 Å². The number of likely N-dealkylation sites (tertiary alicyclic amines) is 1. The van der Waals surface area contributed by atoms with Crippen LogP contribution in [0.5, 0.6) is 0 Å². The molecule has 2 unspecified atom stereocenters. The molecule has 1 N–H and O–H groups in total. The van der Waals surface area contributed by atoms with Crippen molar-refractivity contribution < 1.29 is 4.79 Å². The molecule has 2 atom stereocenters. The van der Waals surface area contributed by atoms with Crippen molar-refractivity contribution in [2.45, 2.75) is 38.8 Å². The second kappa shape index (κ2) is 6.52. The number of pyridine rings is 1. The first-order valence-electron chi connectivity index (χ1n) is 9.07. The average molecular weight is 323 g/mol. The van der Waals surface area contributed by atoms with Gasteiger partial charge in [-0.2, -0.15) is 0 Å². The van der Waals surface area contributed by atoms with E-state index in [1.54, 1.807) is 0 Å². The number of para-hydroxylation sites is 1. The molecule has 2 fully saturated rings. The van der Waals surface area contributed by atoms with Crippen LogP contribution in [-0.4, -0.2) is 34.9 Å². The van der Waals surface area contributed by atoms with Crippen molar-refractivity contribution in [2.75, 3.05) is 13.1 Å². The van der Waals surface area contributed by atoms with E-state index in [0.29, 0.717) is 23.8 Å². The molecule has 0 spiro atoms. The van der Waals surface area contributed by atoms with E-state index < -0.39 is 0 Å². The van der Waals surface area contributed by atoms with Crippen LogP contribution in [0, 0.1) is 11.8 Å². The van der Waals surface area contributed by atoms with Gasteiger partial charge in [0.2, 0.25) is 5.91 Å². The van der Waals surface area contributed by atoms with Crippen molar-refractivity contribution in [2.24, 2.45) is 11.8 Å². The summed E-state index contributed by atoms with van der Waals surface area (Å²) in [5, 5.41) is 4.90. The lowest BCUT2D eigenvalue weighted by molar-refractivity contribution is -0.134. The summed E-state index contributed by atoms with van der Waals surface area (Å²) in [5.74, 6) is 1.21. The van der Waals surface area contributed by atoms with Gasteiger partial charge in [-0.1, -0.05) is 31.2 Å². The van der Waals surface area contributed by atoms with Crippen molar-refractivity contribution in [3.8, 4) is 0 Å². The first-order valence-corrected chi connectivity index (χ1v) is 9.07. The van der Waals surface area contributed by atoms with Crippen LogP contribution < -0.4 is 5.32 Å². The molecule has 1 amide bonds. The predicted octanol–water partition coefficient (Wildman–Crippen LogP) is 2.97. The molecule has 0 bridgehead atoms. The van der Waals surface area contributed by atoms with Crippen molar-refractivity contribution in [1.82, 2.24) is 15.2 Å². The normalized spacial score (nSPS) is 24.3. The minimum atomic E-state index is 0.337. The SMILES string of the molecule is CC1CN(C(=O)C2CC2)CCC1NCc1cccc2cccnc12. The Morgan fingerprint density at radius 3 is 2.88 bits per heavy atom. The number of hydrogen-bond donors (Lipinski definition) is 1. The van der Waals surface area contributed by atoms with E-state index in [9.17, 15) is 4.79 Å². The molecule has 4 nitrogen and oxygen atoms in total. The van der Waals surface area contributed by atoms with Gasteiger partial charge in [0, 0.05) is 43.2 Å². The minimum Gasteiger partial charge on any atom is -0.342 e. The second-order valence-corrected chi connectivity index (χ2v) is 7.30. The summed E-state index contributed by atoms with van der Waals surface area (Å²) in [5.41, 5.74) is 2.33. The number of hydrogen-bond acceptors (Lipinski definition) is 3. The van der Waals surface area contributed by atoms with E-state index in [1.807, 2.05) is 12.3 Å². The highest BCUT2D eigenvalue weighted by molar-refractivity contribution is 5.82. The molecular formula is C20H25N3O. The van der Waals surface area contributed by atoms with Gasteiger partial charge in [0.25, 0.3) is 0 Å². The molecule has 4 rings (SSSR count). The van der Waals surface area contributed by atoms with E-state index in [-0.39, 0.29) is 0 Å². The van der Waals surface area contributed by atoms with Gasteiger partial charge in [-0.25, -0.2) is 0 Å². The summed E-state index contributed by atoms with van der Waals surface area (Å²) in [4.78, 5) is 18.9. The maximum atomic E-state index is 12.2. The zero-order chi connectivity index (χ0) is 16.5. The third kappa shape index (κ3) is 3.16.